The monoisotopic (exact) mass is 384 g/mol. The van der Waals surface area contributed by atoms with Crippen LogP contribution in [0.3, 0.4) is 0 Å². The lowest BCUT2D eigenvalue weighted by Gasteiger charge is -2.43. The number of benzene rings is 1. The molecule has 0 aromatic heterocycles. The van der Waals surface area contributed by atoms with Gasteiger partial charge in [-0.25, -0.2) is 0 Å². The molecule has 1 aliphatic heterocycles. The molecule has 2 aliphatic rings. The molecule has 0 saturated heterocycles. The summed E-state index contributed by atoms with van der Waals surface area (Å²) in [5, 5.41) is 6.89. The summed E-state index contributed by atoms with van der Waals surface area (Å²) < 4.78 is 0. The van der Waals surface area contributed by atoms with Gasteiger partial charge in [-0.05, 0) is 48.1 Å². The number of nitrogens with one attached hydrogen (secondary N) is 2. The molecule has 0 radical (unpaired) electrons. The maximum Gasteiger partial charge on any atom is 0.223 e. The molecule has 1 heterocycles. The lowest BCUT2D eigenvalue weighted by Crippen LogP contribution is -2.47. The van der Waals surface area contributed by atoms with Crippen LogP contribution in [-0.2, 0) is 17.9 Å². The summed E-state index contributed by atoms with van der Waals surface area (Å²) in [6.07, 6.45) is 6.68. The van der Waals surface area contributed by atoms with Crippen LogP contribution in [-0.4, -0.2) is 36.9 Å². The highest BCUT2D eigenvalue weighted by molar-refractivity contribution is 5.80. The molecule has 1 aliphatic carbocycles. The van der Waals surface area contributed by atoms with Crippen molar-refractivity contribution in [1.29, 1.82) is 0 Å². The van der Waals surface area contributed by atoms with Crippen LogP contribution < -0.4 is 10.6 Å². The number of guanidine groups is 1. The van der Waals surface area contributed by atoms with Crippen molar-refractivity contribution in [1.82, 2.24) is 15.5 Å². The summed E-state index contributed by atoms with van der Waals surface area (Å²) in [5.74, 6) is 1.84. The van der Waals surface area contributed by atoms with Gasteiger partial charge in [-0.2, -0.15) is 0 Å². The van der Waals surface area contributed by atoms with E-state index in [2.05, 4.69) is 41.6 Å². The number of rotatable bonds is 8. The zero-order valence-corrected chi connectivity index (χ0v) is 17.8. The van der Waals surface area contributed by atoms with Gasteiger partial charge in [0.15, 0.2) is 5.96 Å². The number of carbonyl (C=O) groups is 1. The van der Waals surface area contributed by atoms with Gasteiger partial charge in [-0.3, -0.25) is 9.79 Å². The second kappa shape index (κ2) is 9.44. The van der Waals surface area contributed by atoms with E-state index in [0.29, 0.717) is 11.8 Å². The molecule has 1 aromatic rings. The number of fused-ring (bicyclic) bond motifs is 1. The molecule has 2 N–H and O–H groups in total. The van der Waals surface area contributed by atoms with E-state index >= 15 is 0 Å². The molecule has 28 heavy (non-hydrogen) atoms. The molecule has 0 bridgehead atoms. The zero-order valence-electron chi connectivity index (χ0n) is 17.8. The molecule has 1 aromatic carbocycles. The Kier molecular flexibility index (Phi) is 6.97. The van der Waals surface area contributed by atoms with Gasteiger partial charge in [-0.15, -0.1) is 0 Å². The minimum absolute atomic E-state index is 0.242. The van der Waals surface area contributed by atoms with Crippen molar-refractivity contribution in [2.24, 2.45) is 16.3 Å². The molecule has 3 rings (SSSR count). The van der Waals surface area contributed by atoms with Crippen LogP contribution in [0.5, 0.6) is 0 Å². The Bertz CT molecular complexity index is 669. The van der Waals surface area contributed by atoms with Gasteiger partial charge < -0.3 is 15.5 Å². The number of carbonyl (C=O) groups excluding carboxylic acids is 1. The van der Waals surface area contributed by atoms with Gasteiger partial charge in [0.1, 0.15) is 0 Å². The van der Waals surface area contributed by atoms with Crippen LogP contribution in [0.2, 0.25) is 0 Å². The average Bonchev–Trinajstić information content (AvgIpc) is 3.09. The fourth-order valence-electron chi connectivity index (χ4n) is 4.60. The molecule has 0 spiro atoms. The van der Waals surface area contributed by atoms with Crippen LogP contribution in [0.1, 0.15) is 63.5 Å². The van der Waals surface area contributed by atoms with E-state index in [9.17, 15) is 4.79 Å². The van der Waals surface area contributed by atoms with Gasteiger partial charge >= 0.3 is 0 Å². The van der Waals surface area contributed by atoms with Crippen molar-refractivity contribution >= 4 is 11.9 Å². The van der Waals surface area contributed by atoms with Gasteiger partial charge in [0.05, 0.1) is 0 Å². The predicted octanol–water partition coefficient (Wildman–Crippen LogP) is 3.69. The van der Waals surface area contributed by atoms with Crippen molar-refractivity contribution in [3.63, 3.8) is 0 Å². The molecular formula is C23H36N4O. The van der Waals surface area contributed by atoms with Crippen molar-refractivity contribution in [3.8, 4) is 0 Å². The van der Waals surface area contributed by atoms with Gasteiger partial charge in [0.2, 0.25) is 5.91 Å². The van der Waals surface area contributed by atoms with E-state index in [4.69, 9.17) is 0 Å². The molecule has 1 fully saturated rings. The molecule has 0 atom stereocenters. The summed E-state index contributed by atoms with van der Waals surface area (Å²) >= 11 is 0. The SMILES string of the molecule is CN=C(NCCCC(=O)N1Cc2ccccc2C1)NCC1(CC(C)C)CCC1. The first kappa shape index (κ1) is 20.7. The summed E-state index contributed by atoms with van der Waals surface area (Å²) in [4.78, 5) is 18.8. The lowest BCUT2D eigenvalue weighted by atomic mass is 9.64. The summed E-state index contributed by atoms with van der Waals surface area (Å²) in [7, 11) is 1.82. The molecule has 1 saturated carbocycles. The van der Waals surface area contributed by atoms with Crippen LogP contribution in [0.4, 0.5) is 0 Å². The highest BCUT2D eigenvalue weighted by Crippen LogP contribution is 2.45. The second-order valence-corrected chi connectivity index (χ2v) is 8.93. The molecule has 154 valence electrons. The fraction of sp³-hybridized carbons (Fsp3) is 0.652. The normalized spacial score (nSPS) is 18.0. The Morgan fingerprint density at radius 3 is 2.39 bits per heavy atom. The van der Waals surface area contributed by atoms with Gasteiger partial charge in [0.25, 0.3) is 0 Å². The van der Waals surface area contributed by atoms with Crippen molar-refractivity contribution in [2.45, 2.75) is 65.5 Å². The van der Waals surface area contributed by atoms with Crippen molar-refractivity contribution < 1.29 is 4.79 Å². The topological polar surface area (TPSA) is 56.7 Å². The number of amides is 1. The highest BCUT2D eigenvalue weighted by atomic mass is 16.2. The third-order valence-electron chi connectivity index (χ3n) is 6.16. The number of hydrogen-bond donors (Lipinski definition) is 2. The van der Waals surface area contributed by atoms with Crippen LogP contribution >= 0.6 is 0 Å². The first-order chi connectivity index (χ1) is 13.5. The van der Waals surface area contributed by atoms with Crippen LogP contribution in [0.25, 0.3) is 0 Å². The Morgan fingerprint density at radius 2 is 1.86 bits per heavy atom. The van der Waals surface area contributed by atoms with E-state index in [-0.39, 0.29) is 5.91 Å². The Balaban J connectivity index is 1.34. The van der Waals surface area contributed by atoms with Gasteiger partial charge in [-0.1, -0.05) is 44.5 Å². The Labute approximate surface area is 170 Å². The highest BCUT2D eigenvalue weighted by Gasteiger charge is 2.37. The summed E-state index contributed by atoms with van der Waals surface area (Å²) in [5.41, 5.74) is 3.02. The third-order valence-corrected chi connectivity index (χ3v) is 6.16. The summed E-state index contributed by atoms with van der Waals surface area (Å²) in [6, 6.07) is 8.33. The number of hydrogen-bond acceptors (Lipinski definition) is 2. The predicted molar refractivity (Wildman–Crippen MR) is 115 cm³/mol. The summed E-state index contributed by atoms with van der Waals surface area (Å²) in [6.45, 7) is 7.89. The molecule has 0 unspecified atom stereocenters. The smallest absolute Gasteiger partial charge is 0.223 e. The van der Waals surface area contributed by atoms with E-state index < -0.39 is 0 Å². The average molecular weight is 385 g/mol. The fourth-order valence-corrected chi connectivity index (χ4v) is 4.60. The minimum Gasteiger partial charge on any atom is -0.356 e. The van der Waals surface area contributed by atoms with E-state index in [0.717, 1.165) is 44.5 Å². The van der Waals surface area contributed by atoms with Gasteiger partial charge in [0, 0.05) is 39.6 Å². The molecule has 1 amide bonds. The standard InChI is InChI=1S/C23H36N4O/c1-18(2)14-23(11-7-12-23)17-26-22(24-3)25-13-6-10-21(28)27-15-19-8-4-5-9-20(19)16-27/h4-5,8-9,18H,6-7,10-17H2,1-3H3,(H2,24,25,26). The maximum absolute atomic E-state index is 12.5. The van der Waals surface area contributed by atoms with E-state index in [1.54, 1.807) is 0 Å². The first-order valence-corrected chi connectivity index (χ1v) is 10.8. The minimum atomic E-state index is 0.242. The zero-order chi connectivity index (χ0) is 20.0. The largest absolute Gasteiger partial charge is 0.356 e. The lowest BCUT2D eigenvalue weighted by molar-refractivity contribution is -0.131. The molecule has 5 nitrogen and oxygen atoms in total. The quantitative estimate of drug-likeness (QED) is 0.408. The van der Waals surface area contributed by atoms with E-state index in [1.807, 2.05) is 24.1 Å². The van der Waals surface area contributed by atoms with Crippen LogP contribution in [0.15, 0.2) is 29.3 Å². The maximum atomic E-state index is 12.5. The third kappa shape index (κ3) is 5.27. The Morgan fingerprint density at radius 1 is 1.18 bits per heavy atom. The number of nitrogens with zero attached hydrogens (tertiary/aromatic N) is 2. The second-order valence-electron chi connectivity index (χ2n) is 8.93. The number of aliphatic imine (C=N–C) groups is 1. The molecular weight excluding hydrogens is 348 g/mol. The Hall–Kier alpha value is -2.04. The first-order valence-electron chi connectivity index (χ1n) is 10.8. The van der Waals surface area contributed by atoms with E-state index in [1.165, 1.54) is 36.8 Å². The van der Waals surface area contributed by atoms with Crippen molar-refractivity contribution in [2.75, 3.05) is 20.1 Å². The van der Waals surface area contributed by atoms with Crippen LogP contribution in [0, 0.1) is 11.3 Å². The van der Waals surface area contributed by atoms with Crippen molar-refractivity contribution in [3.05, 3.63) is 35.4 Å². The molecule has 5 heteroatoms.